The summed E-state index contributed by atoms with van der Waals surface area (Å²) >= 11 is 5.85. The molecule has 0 radical (unpaired) electrons. The van der Waals surface area contributed by atoms with Crippen molar-refractivity contribution >= 4 is 29.0 Å². The van der Waals surface area contributed by atoms with E-state index in [0.29, 0.717) is 35.7 Å². The summed E-state index contributed by atoms with van der Waals surface area (Å²) in [5.41, 5.74) is 2.26. The summed E-state index contributed by atoms with van der Waals surface area (Å²) in [5.74, 6) is 0.0958. The number of rotatable bonds is 2. The number of anilines is 1. The first-order valence-electron chi connectivity index (χ1n) is 6.82. The Morgan fingerprint density at radius 2 is 1.81 bits per heavy atom. The highest BCUT2D eigenvalue weighted by molar-refractivity contribution is 6.30. The molecule has 2 aromatic carbocycles. The number of halogens is 1. The summed E-state index contributed by atoms with van der Waals surface area (Å²) in [6, 6.07) is 14.5. The molecule has 106 valence electrons. The predicted octanol–water partition coefficient (Wildman–Crippen LogP) is 3.50. The average molecular weight is 300 g/mol. The molecule has 21 heavy (non-hydrogen) atoms. The Bertz CT molecular complexity index is 694. The maximum atomic E-state index is 12.5. The Kier molecular flexibility index (Phi) is 3.76. The van der Waals surface area contributed by atoms with E-state index in [9.17, 15) is 9.59 Å². The lowest BCUT2D eigenvalue weighted by molar-refractivity contribution is -0.118. The van der Waals surface area contributed by atoms with Gasteiger partial charge >= 0.3 is 0 Å². The van der Waals surface area contributed by atoms with Gasteiger partial charge in [-0.05, 0) is 29.8 Å². The molecule has 0 aliphatic carbocycles. The van der Waals surface area contributed by atoms with Crippen LogP contribution in [0.4, 0.5) is 5.69 Å². The number of ketones is 1. The number of hydrogen-bond donors (Lipinski definition) is 0. The minimum Gasteiger partial charge on any atom is -0.311 e. The van der Waals surface area contributed by atoms with Crippen molar-refractivity contribution in [2.75, 3.05) is 11.4 Å². The minimum atomic E-state index is -0.00253. The molecule has 0 bridgehead atoms. The van der Waals surface area contributed by atoms with Gasteiger partial charge in [-0.3, -0.25) is 9.59 Å². The molecule has 0 saturated heterocycles. The molecule has 0 atom stereocenters. The lowest BCUT2D eigenvalue weighted by Gasteiger charge is -2.28. The van der Waals surface area contributed by atoms with Crippen LogP contribution in [0.25, 0.3) is 0 Å². The van der Waals surface area contributed by atoms with Crippen LogP contribution in [-0.2, 0) is 11.2 Å². The molecule has 0 aromatic heterocycles. The molecule has 0 fully saturated rings. The van der Waals surface area contributed by atoms with Gasteiger partial charge in [-0.1, -0.05) is 35.9 Å². The summed E-state index contributed by atoms with van der Waals surface area (Å²) in [6.07, 6.45) is 0.684. The lowest BCUT2D eigenvalue weighted by atomic mass is 9.99. The van der Waals surface area contributed by atoms with Gasteiger partial charge in [0.2, 0.25) is 5.91 Å². The molecule has 1 heterocycles. The summed E-state index contributed by atoms with van der Waals surface area (Å²) < 4.78 is 0. The maximum Gasteiger partial charge on any atom is 0.231 e. The third kappa shape index (κ3) is 2.83. The first-order chi connectivity index (χ1) is 10.1. The zero-order valence-electron chi connectivity index (χ0n) is 11.4. The van der Waals surface area contributed by atoms with Crippen LogP contribution in [0.1, 0.15) is 22.3 Å². The average Bonchev–Trinajstić information content (AvgIpc) is 2.50. The molecule has 4 heteroatoms. The molecular formula is C17H14ClNO2. The van der Waals surface area contributed by atoms with Gasteiger partial charge in [0, 0.05) is 23.6 Å². The molecule has 1 aliphatic rings. The van der Waals surface area contributed by atoms with Crippen molar-refractivity contribution < 1.29 is 9.59 Å². The fourth-order valence-electron chi connectivity index (χ4n) is 2.54. The Labute approximate surface area is 128 Å². The van der Waals surface area contributed by atoms with Crippen LogP contribution in [-0.4, -0.2) is 18.2 Å². The van der Waals surface area contributed by atoms with Gasteiger partial charge in [0.25, 0.3) is 0 Å². The number of nitrogens with zero attached hydrogens (tertiary/aromatic N) is 1. The quantitative estimate of drug-likeness (QED) is 0.851. The molecule has 0 unspecified atom stereocenters. The van der Waals surface area contributed by atoms with Crippen LogP contribution in [0.5, 0.6) is 0 Å². The summed E-state index contributed by atoms with van der Waals surface area (Å²) in [5, 5.41) is 0.653. The van der Waals surface area contributed by atoms with Crippen LogP contribution in [0.2, 0.25) is 5.02 Å². The van der Waals surface area contributed by atoms with Crippen LogP contribution in [0.15, 0.2) is 48.5 Å². The lowest BCUT2D eigenvalue weighted by Crippen LogP contribution is -2.38. The third-order valence-electron chi connectivity index (χ3n) is 3.63. The van der Waals surface area contributed by atoms with Gasteiger partial charge in [0.1, 0.15) is 0 Å². The first-order valence-corrected chi connectivity index (χ1v) is 7.20. The van der Waals surface area contributed by atoms with Gasteiger partial charge in [-0.25, -0.2) is 0 Å². The molecule has 0 saturated carbocycles. The molecule has 1 amide bonds. The third-order valence-corrected chi connectivity index (χ3v) is 3.88. The number of carbonyl (C=O) groups excluding carboxylic acids is 2. The smallest absolute Gasteiger partial charge is 0.231 e. The molecule has 1 aliphatic heterocycles. The van der Waals surface area contributed by atoms with Gasteiger partial charge in [0.15, 0.2) is 5.78 Å². The summed E-state index contributed by atoms with van der Waals surface area (Å²) in [4.78, 5) is 26.1. The largest absolute Gasteiger partial charge is 0.311 e. The van der Waals surface area contributed by atoms with Gasteiger partial charge in [-0.2, -0.15) is 0 Å². The number of fused-ring (bicyclic) bond motifs is 1. The van der Waals surface area contributed by atoms with E-state index in [-0.39, 0.29) is 11.7 Å². The fourth-order valence-corrected chi connectivity index (χ4v) is 2.67. The highest BCUT2D eigenvalue weighted by atomic mass is 35.5. The van der Waals surface area contributed by atoms with E-state index in [2.05, 4.69) is 0 Å². The van der Waals surface area contributed by atoms with Crippen molar-refractivity contribution in [3.63, 3.8) is 0 Å². The Hall–Kier alpha value is -2.13. The number of benzene rings is 2. The topological polar surface area (TPSA) is 37.4 Å². The zero-order chi connectivity index (χ0) is 14.8. The number of hydrogen-bond acceptors (Lipinski definition) is 2. The van der Waals surface area contributed by atoms with E-state index >= 15 is 0 Å². The van der Waals surface area contributed by atoms with Crippen LogP contribution in [0.3, 0.4) is 0 Å². The van der Waals surface area contributed by atoms with E-state index < -0.39 is 0 Å². The van der Waals surface area contributed by atoms with Crippen molar-refractivity contribution in [3.8, 4) is 0 Å². The first kappa shape index (κ1) is 13.8. The Morgan fingerprint density at radius 1 is 1.10 bits per heavy atom. The number of para-hydroxylation sites is 1. The van der Waals surface area contributed by atoms with E-state index in [0.717, 1.165) is 5.56 Å². The summed E-state index contributed by atoms with van der Waals surface area (Å²) in [6.45, 7) is 0.447. The second-order valence-electron chi connectivity index (χ2n) is 5.04. The second kappa shape index (κ2) is 5.70. The highest BCUT2D eigenvalue weighted by Gasteiger charge is 2.26. The maximum absolute atomic E-state index is 12.5. The van der Waals surface area contributed by atoms with Crippen molar-refractivity contribution in [2.45, 2.75) is 12.8 Å². The Balaban J connectivity index is 1.84. The SMILES string of the molecule is O=C1CCN(C(=O)Cc2ccc(Cl)cc2)c2ccccc21. The molecule has 0 N–H and O–H groups in total. The van der Waals surface area contributed by atoms with Gasteiger partial charge < -0.3 is 4.90 Å². The molecule has 0 spiro atoms. The monoisotopic (exact) mass is 299 g/mol. The minimum absolute atomic E-state index is 0.00253. The molecule has 2 aromatic rings. The summed E-state index contributed by atoms with van der Waals surface area (Å²) in [7, 11) is 0. The van der Waals surface area contributed by atoms with Gasteiger partial charge in [0.05, 0.1) is 12.1 Å². The normalized spacial score (nSPS) is 14.0. The number of carbonyl (C=O) groups is 2. The van der Waals surface area contributed by atoms with Gasteiger partial charge in [-0.15, -0.1) is 0 Å². The molecule has 3 rings (SSSR count). The second-order valence-corrected chi connectivity index (χ2v) is 5.48. The van der Waals surface area contributed by atoms with Crippen molar-refractivity contribution in [1.82, 2.24) is 0 Å². The van der Waals surface area contributed by atoms with Crippen molar-refractivity contribution in [2.24, 2.45) is 0 Å². The number of amides is 1. The predicted molar refractivity (Wildman–Crippen MR) is 82.9 cm³/mol. The van der Waals surface area contributed by atoms with E-state index in [4.69, 9.17) is 11.6 Å². The van der Waals surface area contributed by atoms with E-state index in [1.54, 1.807) is 23.1 Å². The standard InChI is InChI=1S/C17H14ClNO2/c18-13-7-5-12(6-8-13)11-17(21)19-10-9-16(20)14-3-1-2-4-15(14)19/h1-8H,9-11H2. The molecular weight excluding hydrogens is 286 g/mol. The van der Waals surface area contributed by atoms with Crippen LogP contribution < -0.4 is 4.90 Å². The van der Waals surface area contributed by atoms with Crippen molar-refractivity contribution in [1.29, 1.82) is 0 Å². The highest BCUT2D eigenvalue weighted by Crippen LogP contribution is 2.27. The zero-order valence-corrected chi connectivity index (χ0v) is 12.1. The number of Topliss-reactive ketones (excluding diaryl/α,β-unsaturated/α-hetero) is 1. The van der Waals surface area contributed by atoms with Crippen LogP contribution in [0, 0.1) is 0 Å². The Morgan fingerprint density at radius 3 is 2.57 bits per heavy atom. The van der Waals surface area contributed by atoms with E-state index in [1.165, 1.54) is 0 Å². The molecule has 3 nitrogen and oxygen atoms in total. The van der Waals surface area contributed by atoms with Crippen molar-refractivity contribution in [3.05, 3.63) is 64.7 Å². The van der Waals surface area contributed by atoms with E-state index in [1.807, 2.05) is 30.3 Å². The van der Waals surface area contributed by atoms with Crippen LogP contribution >= 0.6 is 11.6 Å². The fraction of sp³-hybridized carbons (Fsp3) is 0.176.